The molecule has 5 nitrogen and oxygen atoms in total. The van der Waals surface area contributed by atoms with E-state index < -0.39 is 10.0 Å². The Morgan fingerprint density at radius 1 is 0.926 bits per heavy atom. The van der Waals surface area contributed by atoms with Crippen molar-refractivity contribution in [1.29, 1.82) is 0 Å². The lowest BCUT2D eigenvalue weighted by Crippen LogP contribution is -2.27. The number of hydrogen-bond donors (Lipinski definition) is 1. The first-order chi connectivity index (χ1) is 12.9. The lowest BCUT2D eigenvalue weighted by Gasteiger charge is -2.13. The highest BCUT2D eigenvalue weighted by molar-refractivity contribution is 7.89. The summed E-state index contributed by atoms with van der Waals surface area (Å²) in [5, 5.41) is 0. The van der Waals surface area contributed by atoms with Gasteiger partial charge in [-0.05, 0) is 43.9 Å². The van der Waals surface area contributed by atoms with E-state index in [0.717, 1.165) is 27.8 Å². The van der Waals surface area contributed by atoms with Crippen LogP contribution in [0.4, 0.5) is 0 Å². The highest BCUT2D eigenvalue weighted by atomic mass is 32.2. The number of hydrogen-bond acceptors (Lipinski definition) is 4. The largest absolute Gasteiger partial charge is 0.241 e. The molecule has 2 aromatic carbocycles. The van der Waals surface area contributed by atoms with Crippen LogP contribution in [0.25, 0.3) is 11.4 Å². The molecule has 1 aromatic heterocycles. The molecule has 0 saturated carbocycles. The van der Waals surface area contributed by atoms with Crippen molar-refractivity contribution in [2.45, 2.75) is 32.1 Å². The SMILES string of the molecule is Cc1cc(C)c(S(=O)(=O)NCCc2cnc(-c3ccccc3)nc2)c(C)c1. The average Bonchev–Trinajstić information content (AvgIpc) is 2.62. The van der Waals surface area contributed by atoms with Crippen molar-refractivity contribution in [3.63, 3.8) is 0 Å². The molecule has 0 saturated heterocycles. The zero-order chi connectivity index (χ0) is 19.4. The van der Waals surface area contributed by atoms with Gasteiger partial charge in [0.05, 0.1) is 4.90 Å². The maximum Gasteiger partial charge on any atom is 0.241 e. The second kappa shape index (κ2) is 7.98. The molecule has 1 N–H and O–H groups in total. The fraction of sp³-hybridized carbons (Fsp3) is 0.238. The highest BCUT2D eigenvalue weighted by Gasteiger charge is 2.19. The number of aryl methyl sites for hydroxylation is 3. The van der Waals surface area contributed by atoms with Gasteiger partial charge in [0.15, 0.2) is 5.82 Å². The molecule has 0 unspecified atom stereocenters. The third kappa shape index (κ3) is 4.59. The van der Waals surface area contributed by atoms with Gasteiger partial charge in [-0.25, -0.2) is 23.1 Å². The Hall–Kier alpha value is -2.57. The Labute approximate surface area is 160 Å². The van der Waals surface area contributed by atoms with E-state index in [0.29, 0.717) is 23.7 Å². The molecule has 6 heteroatoms. The summed E-state index contributed by atoms with van der Waals surface area (Å²) in [5.74, 6) is 0.658. The third-order valence-electron chi connectivity index (χ3n) is 4.32. The van der Waals surface area contributed by atoms with Crippen molar-refractivity contribution < 1.29 is 8.42 Å². The van der Waals surface area contributed by atoms with Crippen LogP contribution in [-0.4, -0.2) is 24.9 Å². The van der Waals surface area contributed by atoms with Gasteiger partial charge in [-0.2, -0.15) is 0 Å². The van der Waals surface area contributed by atoms with E-state index in [1.807, 2.05) is 63.2 Å². The second-order valence-corrected chi connectivity index (χ2v) is 8.36. The Morgan fingerprint density at radius 2 is 1.52 bits per heavy atom. The summed E-state index contributed by atoms with van der Waals surface area (Å²) in [5.41, 5.74) is 4.41. The Bertz CT molecular complexity index is 1010. The number of nitrogens with zero attached hydrogens (tertiary/aromatic N) is 2. The summed E-state index contributed by atoms with van der Waals surface area (Å²) in [6.45, 7) is 5.90. The Morgan fingerprint density at radius 3 is 2.11 bits per heavy atom. The van der Waals surface area contributed by atoms with Crippen molar-refractivity contribution in [2.75, 3.05) is 6.54 Å². The van der Waals surface area contributed by atoms with Crippen LogP contribution in [0.2, 0.25) is 0 Å². The molecule has 1 heterocycles. The first-order valence-electron chi connectivity index (χ1n) is 8.81. The predicted octanol–water partition coefficient (Wildman–Crippen LogP) is 3.59. The lowest BCUT2D eigenvalue weighted by atomic mass is 10.1. The van der Waals surface area contributed by atoms with Crippen molar-refractivity contribution in [2.24, 2.45) is 0 Å². The molecule has 0 spiro atoms. The van der Waals surface area contributed by atoms with Gasteiger partial charge in [0.1, 0.15) is 0 Å². The molecular weight excluding hydrogens is 358 g/mol. The zero-order valence-electron chi connectivity index (χ0n) is 15.7. The van der Waals surface area contributed by atoms with Gasteiger partial charge in [0, 0.05) is 24.5 Å². The van der Waals surface area contributed by atoms with E-state index >= 15 is 0 Å². The van der Waals surface area contributed by atoms with Gasteiger partial charge in [-0.3, -0.25) is 0 Å². The molecule has 0 aliphatic heterocycles. The standard InChI is InChI=1S/C21H23N3O2S/c1-15-11-16(2)20(17(3)12-15)27(25,26)24-10-9-18-13-22-21(23-14-18)19-7-5-4-6-8-19/h4-8,11-14,24H,9-10H2,1-3H3. The summed E-state index contributed by atoms with van der Waals surface area (Å²) in [7, 11) is -3.55. The minimum absolute atomic E-state index is 0.295. The van der Waals surface area contributed by atoms with Crippen LogP contribution in [0.15, 0.2) is 59.8 Å². The van der Waals surface area contributed by atoms with E-state index in [1.165, 1.54) is 0 Å². The highest BCUT2D eigenvalue weighted by Crippen LogP contribution is 2.21. The summed E-state index contributed by atoms with van der Waals surface area (Å²) in [6.07, 6.45) is 4.01. The maximum atomic E-state index is 12.7. The summed E-state index contributed by atoms with van der Waals surface area (Å²) < 4.78 is 28.0. The van der Waals surface area contributed by atoms with Crippen molar-refractivity contribution in [3.05, 3.63) is 77.1 Å². The summed E-state index contributed by atoms with van der Waals surface area (Å²) in [4.78, 5) is 9.11. The van der Waals surface area contributed by atoms with Crippen LogP contribution in [0.3, 0.4) is 0 Å². The number of aromatic nitrogens is 2. The molecule has 0 aliphatic rings. The molecule has 0 atom stereocenters. The quantitative estimate of drug-likeness (QED) is 0.708. The minimum Gasteiger partial charge on any atom is -0.236 e. The summed E-state index contributed by atoms with van der Waals surface area (Å²) >= 11 is 0. The van der Waals surface area contributed by atoms with Gasteiger partial charge in [-0.15, -0.1) is 0 Å². The predicted molar refractivity (Wildman–Crippen MR) is 107 cm³/mol. The van der Waals surface area contributed by atoms with Crippen LogP contribution in [0.5, 0.6) is 0 Å². The van der Waals surface area contributed by atoms with Gasteiger partial charge in [0.25, 0.3) is 0 Å². The molecule has 3 aromatic rings. The minimum atomic E-state index is -3.55. The van der Waals surface area contributed by atoms with Crippen LogP contribution < -0.4 is 4.72 Å². The average molecular weight is 382 g/mol. The van der Waals surface area contributed by atoms with Crippen molar-refractivity contribution in [3.8, 4) is 11.4 Å². The number of benzene rings is 2. The Balaban J connectivity index is 1.66. The normalized spacial score (nSPS) is 11.5. The number of sulfonamides is 1. The van der Waals surface area contributed by atoms with E-state index in [9.17, 15) is 8.42 Å². The van der Waals surface area contributed by atoms with E-state index in [-0.39, 0.29) is 0 Å². The monoisotopic (exact) mass is 381 g/mol. The molecule has 0 bridgehead atoms. The van der Waals surface area contributed by atoms with Gasteiger partial charge in [0.2, 0.25) is 10.0 Å². The smallest absolute Gasteiger partial charge is 0.236 e. The van der Waals surface area contributed by atoms with E-state index in [1.54, 1.807) is 12.4 Å². The van der Waals surface area contributed by atoms with Gasteiger partial charge in [-0.1, -0.05) is 48.0 Å². The fourth-order valence-electron chi connectivity index (χ4n) is 3.21. The maximum absolute atomic E-state index is 12.7. The van der Waals surface area contributed by atoms with Crippen LogP contribution in [0.1, 0.15) is 22.3 Å². The van der Waals surface area contributed by atoms with Crippen LogP contribution >= 0.6 is 0 Å². The number of rotatable bonds is 6. The molecule has 0 radical (unpaired) electrons. The van der Waals surface area contributed by atoms with Gasteiger partial charge < -0.3 is 0 Å². The molecule has 140 valence electrons. The number of nitrogens with one attached hydrogen (secondary N) is 1. The summed E-state index contributed by atoms with van der Waals surface area (Å²) in [6, 6.07) is 13.5. The van der Waals surface area contributed by atoms with Crippen LogP contribution in [0, 0.1) is 20.8 Å². The third-order valence-corrected chi connectivity index (χ3v) is 6.08. The lowest BCUT2D eigenvalue weighted by molar-refractivity contribution is 0.580. The van der Waals surface area contributed by atoms with Crippen molar-refractivity contribution in [1.82, 2.24) is 14.7 Å². The van der Waals surface area contributed by atoms with Crippen molar-refractivity contribution >= 4 is 10.0 Å². The van der Waals surface area contributed by atoms with Crippen LogP contribution in [-0.2, 0) is 16.4 Å². The molecule has 3 rings (SSSR count). The zero-order valence-corrected chi connectivity index (χ0v) is 16.5. The molecular formula is C21H23N3O2S. The van der Waals surface area contributed by atoms with E-state index in [2.05, 4.69) is 14.7 Å². The first-order valence-corrected chi connectivity index (χ1v) is 10.3. The molecule has 0 aliphatic carbocycles. The first kappa shape index (κ1) is 19.2. The topological polar surface area (TPSA) is 72.0 Å². The fourth-order valence-corrected chi connectivity index (χ4v) is 4.69. The molecule has 0 amide bonds. The van der Waals surface area contributed by atoms with E-state index in [4.69, 9.17) is 0 Å². The molecule has 0 fully saturated rings. The van der Waals surface area contributed by atoms with Gasteiger partial charge >= 0.3 is 0 Å². The Kier molecular flexibility index (Phi) is 5.68. The second-order valence-electron chi connectivity index (χ2n) is 6.66. The molecule has 27 heavy (non-hydrogen) atoms.